The maximum atomic E-state index is 11.8. The molecule has 0 bridgehead atoms. The molecular formula is C13H26N2O. The summed E-state index contributed by atoms with van der Waals surface area (Å²) in [6, 6.07) is 0.282. The minimum absolute atomic E-state index is 0.130. The normalized spacial score (nSPS) is 21.4. The Kier molecular flexibility index (Phi) is 5.26. The molecule has 0 aromatic carbocycles. The third-order valence-electron chi connectivity index (χ3n) is 3.49. The summed E-state index contributed by atoms with van der Waals surface area (Å²) in [7, 11) is 0. The molecule has 1 saturated carbocycles. The van der Waals surface area contributed by atoms with E-state index >= 15 is 0 Å². The molecule has 0 spiro atoms. The van der Waals surface area contributed by atoms with E-state index in [0.717, 1.165) is 25.7 Å². The molecule has 0 saturated heterocycles. The first-order chi connectivity index (χ1) is 7.56. The molecule has 0 radical (unpaired) electrons. The van der Waals surface area contributed by atoms with E-state index in [9.17, 15) is 4.79 Å². The Hall–Kier alpha value is -0.570. The van der Waals surface area contributed by atoms with Gasteiger partial charge in [0.15, 0.2) is 0 Å². The Labute approximate surface area is 99.2 Å². The highest BCUT2D eigenvalue weighted by molar-refractivity contribution is 5.77. The summed E-state index contributed by atoms with van der Waals surface area (Å²) in [6.45, 7) is 4.19. The van der Waals surface area contributed by atoms with Crippen LogP contribution in [0.5, 0.6) is 0 Å². The van der Waals surface area contributed by atoms with Crippen molar-refractivity contribution in [2.75, 3.05) is 0 Å². The maximum absolute atomic E-state index is 11.8. The largest absolute Gasteiger partial charge is 0.354 e. The molecule has 1 fully saturated rings. The van der Waals surface area contributed by atoms with Gasteiger partial charge in [0.1, 0.15) is 0 Å². The lowest BCUT2D eigenvalue weighted by Gasteiger charge is -2.33. The van der Waals surface area contributed by atoms with Crippen LogP contribution in [0.3, 0.4) is 0 Å². The van der Waals surface area contributed by atoms with Crippen molar-refractivity contribution in [2.24, 2.45) is 5.73 Å². The molecule has 3 nitrogen and oxygen atoms in total. The van der Waals surface area contributed by atoms with E-state index in [1.807, 2.05) is 0 Å². The van der Waals surface area contributed by atoms with Crippen molar-refractivity contribution >= 4 is 5.91 Å². The lowest BCUT2D eigenvalue weighted by molar-refractivity contribution is -0.123. The van der Waals surface area contributed by atoms with Crippen molar-refractivity contribution < 1.29 is 4.79 Å². The Bertz CT molecular complexity index is 222. The zero-order valence-electron chi connectivity index (χ0n) is 10.7. The van der Waals surface area contributed by atoms with Crippen molar-refractivity contribution in [3.05, 3.63) is 0 Å². The number of carbonyl (C=O) groups is 1. The van der Waals surface area contributed by atoms with Crippen LogP contribution in [0.25, 0.3) is 0 Å². The Morgan fingerprint density at radius 3 is 2.56 bits per heavy atom. The molecule has 1 rings (SSSR count). The molecule has 1 atom stereocenters. The summed E-state index contributed by atoms with van der Waals surface area (Å²) >= 11 is 0. The van der Waals surface area contributed by atoms with Crippen LogP contribution in [-0.4, -0.2) is 17.5 Å². The fourth-order valence-electron chi connectivity index (χ4n) is 2.58. The SMILES string of the molecule is CCCC(C)NC(=O)CC1(N)CCCCC1. The van der Waals surface area contributed by atoms with Gasteiger partial charge in [-0.15, -0.1) is 0 Å². The van der Waals surface area contributed by atoms with Crippen LogP contribution in [0, 0.1) is 0 Å². The highest BCUT2D eigenvalue weighted by atomic mass is 16.1. The Morgan fingerprint density at radius 1 is 1.38 bits per heavy atom. The number of rotatable bonds is 5. The van der Waals surface area contributed by atoms with E-state index in [0.29, 0.717) is 6.42 Å². The molecule has 1 aliphatic rings. The number of nitrogens with two attached hydrogens (primary N) is 1. The van der Waals surface area contributed by atoms with Gasteiger partial charge in [-0.1, -0.05) is 32.6 Å². The third kappa shape index (κ3) is 4.52. The van der Waals surface area contributed by atoms with E-state index in [-0.39, 0.29) is 17.5 Å². The summed E-state index contributed by atoms with van der Waals surface area (Å²) in [5.41, 5.74) is 6.02. The predicted octanol–water partition coefficient (Wildman–Crippen LogP) is 2.34. The molecular weight excluding hydrogens is 200 g/mol. The van der Waals surface area contributed by atoms with Crippen molar-refractivity contribution in [3.8, 4) is 0 Å². The van der Waals surface area contributed by atoms with Gasteiger partial charge in [0.25, 0.3) is 0 Å². The molecule has 3 N–H and O–H groups in total. The van der Waals surface area contributed by atoms with Gasteiger partial charge in [-0.25, -0.2) is 0 Å². The van der Waals surface area contributed by atoms with Crippen LogP contribution < -0.4 is 11.1 Å². The van der Waals surface area contributed by atoms with Gasteiger partial charge >= 0.3 is 0 Å². The van der Waals surface area contributed by atoms with E-state index in [2.05, 4.69) is 19.2 Å². The van der Waals surface area contributed by atoms with Crippen LogP contribution in [-0.2, 0) is 4.79 Å². The molecule has 0 aromatic heterocycles. The second-order valence-electron chi connectivity index (χ2n) is 5.36. The molecule has 3 heteroatoms. The van der Waals surface area contributed by atoms with Gasteiger partial charge < -0.3 is 11.1 Å². The van der Waals surface area contributed by atoms with Gasteiger partial charge in [-0.3, -0.25) is 4.79 Å². The number of carbonyl (C=O) groups excluding carboxylic acids is 1. The molecule has 1 aliphatic carbocycles. The Morgan fingerprint density at radius 2 is 2.00 bits per heavy atom. The van der Waals surface area contributed by atoms with Gasteiger partial charge in [-0.05, 0) is 26.2 Å². The predicted molar refractivity (Wildman–Crippen MR) is 67.1 cm³/mol. The smallest absolute Gasteiger partial charge is 0.222 e. The molecule has 1 amide bonds. The first-order valence-electron chi connectivity index (χ1n) is 6.64. The minimum Gasteiger partial charge on any atom is -0.354 e. The van der Waals surface area contributed by atoms with E-state index in [1.54, 1.807) is 0 Å². The van der Waals surface area contributed by atoms with Crippen LogP contribution >= 0.6 is 0 Å². The van der Waals surface area contributed by atoms with Gasteiger partial charge in [0.05, 0.1) is 0 Å². The molecule has 16 heavy (non-hydrogen) atoms. The average Bonchev–Trinajstić information content (AvgIpc) is 2.17. The topological polar surface area (TPSA) is 55.1 Å². The Balaban J connectivity index is 2.32. The van der Waals surface area contributed by atoms with E-state index in [1.165, 1.54) is 19.3 Å². The van der Waals surface area contributed by atoms with E-state index < -0.39 is 0 Å². The molecule has 0 aromatic rings. The van der Waals surface area contributed by atoms with Crippen LogP contribution in [0.1, 0.15) is 65.2 Å². The zero-order valence-corrected chi connectivity index (χ0v) is 10.7. The maximum Gasteiger partial charge on any atom is 0.222 e. The van der Waals surface area contributed by atoms with Gasteiger partial charge in [-0.2, -0.15) is 0 Å². The second-order valence-corrected chi connectivity index (χ2v) is 5.36. The first-order valence-corrected chi connectivity index (χ1v) is 6.64. The summed E-state index contributed by atoms with van der Waals surface area (Å²) in [5, 5.41) is 3.03. The van der Waals surface area contributed by atoms with Crippen LogP contribution in [0.2, 0.25) is 0 Å². The number of amides is 1. The standard InChI is InChI=1S/C13H26N2O/c1-3-7-11(2)15-12(16)10-13(14)8-5-4-6-9-13/h11H,3-10,14H2,1-2H3,(H,15,16). The summed E-state index contributed by atoms with van der Waals surface area (Å²) in [6.07, 6.45) is 8.28. The molecule has 0 heterocycles. The number of hydrogen-bond donors (Lipinski definition) is 2. The lowest BCUT2D eigenvalue weighted by Crippen LogP contribution is -2.47. The minimum atomic E-state index is -0.228. The monoisotopic (exact) mass is 226 g/mol. The fourth-order valence-corrected chi connectivity index (χ4v) is 2.58. The number of hydrogen-bond acceptors (Lipinski definition) is 2. The summed E-state index contributed by atoms with van der Waals surface area (Å²) in [4.78, 5) is 11.8. The number of nitrogens with one attached hydrogen (secondary N) is 1. The van der Waals surface area contributed by atoms with Gasteiger partial charge in [0.2, 0.25) is 5.91 Å². The highest BCUT2D eigenvalue weighted by Gasteiger charge is 2.30. The summed E-state index contributed by atoms with van der Waals surface area (Å²) in [5.74, 6) is 0.130. The van der Waals surface area contributed by atoms with Gasteiger partial charge in [0, 0.05) is 18.0 Å². The molecule has 1 unspecified atom stereocenters. The van der Waals surface area contributed by atoms with Crippen molar-refractivity contribution in [1.29, 1.82) is 0 Å². The van der Waals surface area contributed by atoms with Crippen LogP contribution in [0.4, 0.5) is 0 Å². The average molecular weight is 226 g/mol. The first kappa shape index (κ1) is 13.5. The van der Waals surface area contributed by atoms with Crippen LogP contribution in [0.15, 0.2) is 0 Å². The fraction of sp³-hybridized carbons (Fsp3) is 0.923. The zero-order chi connectivity index (χ0) is 12.0. The summed E-state index contributed by atoms with van der Waals surface area (Å²) < 4.78 is 0. The quantitative estimate of drug-likeness (QED) is 0.756. The van der Waals surface area contributed by atoms with Crippen molar-refractivity contribution in [3.63, 3.8) is 0 Å². The molecule has 0 aliphatic heterocycles. The van der Waals surface area contributed by atoms with Crippen molar-refractivity contribution in [1.82, 2.24) is 5.32 Å². The highest BCUT2D eigenvalue weighted by Crippen LogP contribution is 2.28. The lowest BCUT2D eigenvalue weighted by atomic mass is 9.80. The van der Waals surface area contributed by atoms with E-state index in [4.69, 9.17) is 5.73 Å². The second kappa shape index (κ2) is 6.24. The third-order valence-corrected chi connectivity index (χ3v) is 3.49. The molecule has 94 valence electrons. The van der Waals surface area contributed by atoms with Crippen molar-refractivity contribution in [2.45, 2.75) is 76.8 Å².